The number of non-ortho nitro benzene ring substituents is 1. The number of hydrogen-bond donors (Lipinski definition) is 2. The Hall–Kier alpha value is -3.49. The minimum absolute atomic E-state index is 0.0566. The third kappa shape index (κ3) is 5.50. The Bertz CT molecular complexity index is 1080. The highest BCUT2D eigenvalue weighted by molar-refractivity contribution is 7.12. The summed E-state index contributed by atoms with van der Waals surface area (Å²) in [5.74, 6) is -1.04. The van der Waals surface area contributed by atoms with Crippen LogP contribution in [0.1, 0.15) is 15.2 Å². The summed E-state index contributed by atoms with van der Waals surface area (Å²) in [5.41, 5.74) is 0.696. The van der Waals surface area contributed by atoms with Gasteiger partial charge in [0.25, 0.3) is 17.5 Å². The van der Waals surface area contributed by atoms with E-state index in [4.69, 9.17) is 11.6 Å². The number of thiophene rings is 1. The zero-order valence-corrected chi connectivity index (χ0v) is 16.4. The van der Waals surface area contributed by atoms with Crippen molar-refractivity contribution in [3.8, 4) is 0 Å². The highest BCUT2D eigenvalue weighted by Crippen LogP contribution is 2.18. The lowest BCUT2D eigenvalue weighted by Gasteiger charge is -2.11. The van der Waals surface area contributed by atoms with Crippen molar-refractivity contribution in [2.75, 3.05) is 5.32 Å². The van der Waals surface area contributed by atoms with Crippen LogP contribution < -0.4 is 10.6 Å². The largest absolute Gasteiger partial charge is 0.321 e. The van der Waals surface area contributed by atoms with E-state index in [0.29, 0.717) is 21.2 Å². The van der Waals surface area contributed by atoms with Crippen molar-refractivity contribution in [3.63, 3.8) is 0 Å². The molecule has 0 fully saturated rings. The predicted molar refractivity (Wildman–Crippen MR) is 113 cm³/mol. The summed E-state index contributed by atoms with van der Waals surface area (Å²) in [6, 6.07) is 15.6. The molecule has 2 aromatic carbocycles. The zero-order valence-electron chi connectivity index (χ0n) is 14.8. The van der Waals surface area contributed by atoms with Gasteiger partial charge in [-0.2, -0.15) is 0 Å². The smallest absolute Gasteiger partial charge is 0.272 e. The van der Waals surface area contributed by atoms with E-state index in [1.165, 1.54) is 35.6 Å². The Balaban J connectivity index is 1.91. The molecule has 0 aliphatic rings. The molecule has 7 nitrogen and oxygen atoms in total. The molecule has 3 rings (SSSR count). The predicted octanol–water partition coefficient (Wildman–Crippen LogP) is 4.72. The minimum Gasteiger partial charge on any atom is -0.321 e. The molecule has 0 saturated heterocycles. The van der Waals surface area contributed by atoms with Crippen LogP contribution in [0.3, 0.4) is 0 Å². The first-order chi connectivity index (χ1) is 13.9. The molecule has 1 aromatic heterocycles. The Labute approximate surface area is 174 Å². The van der Waals surface area contributed by atoms with E-state index in [1.807, 2.05) is 0 Å². The fourth-order valence-electron chi connectivity index (χ4n) is 2.38. The van der Waals surface area contributed by atoms with Crippen molar-refractivity contribution in [2.24, 2.45) is 0 Å². The second-order valence-electron chi connectivity index (χ2n) is 5.80. The summed E-state index contributed by atoms with van der Waals surface area (Å²) in [4.78, 5) is 36.1. The standard InChI is InChI=1S/C20H14ClN3O4S/c21-14-6-8-15(9-7-14)22-19(25)17(23-20(26)18-5-2-10-29-18)12-13-3-1-4-16(11-13)24(27)28/h1-12H,(H,22,25)(H,23,26). The maximum Gasteiger partial charge on any atom is 0.272 e. The van der Waals surface area contributed by atoms with Crippen LogP contribution in [0.5, 0.6) is 0 Å². The average molecular weight is 428 g/mol. The van der Waals surface area contributed by atoms with E-state index in [9.17, 15) is 19.7 Å². The first kappa shape index (κ1) is 20.2. The van der Waals surface area contributed by atoms with Crippen LogP contribution in [0.4, 0.5) is 11.4 Å². The molecule has 0 bridgehead atoms. The van der Waals surface area contributed by atoms with Gasteiger partial charge in [-0.25, -0.2) is 0 Å². The number of carbonyl (C=O) groups excluding carboxylic acids is 2. The Kier molecular flexibility index (Phi) is 6.38. The van der Waals surface area contributed by atoms with Crippen molar-refractivity contribution in [2.45, 2.75) is 0 Å². The summed E-state index contributed by atoms with van der Waals surface area (Å²) < 4.78 is 0. The quantitative estimate of drug-likeness (QED) is 0.337. The van der Waals surface area contributed by atoms with Gasteiger partial charge in [0.15, 0.2) is 0 Å². The second kappa shape index (κ2) is 9.13. The molecule has 146 valence electrons. The van der Waals surface area contributed by atoms with Crippen molar-refractivity contribution in [1.82, 2.24) is 5.32 Å². The molecule has 1 heterocycles. The van der Waals surface area contributed by atoms with Gasteiger partial charge < -0.3 is 10.6 Å². The van der Waals surface area contributed by atoms with Gasteiger partial charge in [0.1, 0.15) is 5.70 Å². The molecule has 0 atom stereocenters. The average Bonchev–Trinajstić information content (AvgIpc) is 3.24. The SMILES string of the molecule is O=C(Nc1ccc(Cl)cc1)C(=Cc1cccc([N+](=O)[O-])c1)NC(=O)c1cccs1. The number of benzene rings is 2. The van der Waals surface area contributed by atoms with E-state index in [0.717, 1.165) is 0 Å². The lowest BCUT2D eigenvalue weighted by Crippen LogP contribution is -2.30. The van der Waals surface area contributed by atoms with Crippen molar-refractivity contribution >= 4 is 52.2 Å². The number of nitrogens with zero attached hydrogens (tertiary/aromatic N) is 1. The van der Waals surface area contributed by atoms with E-state index in [1.54, 1.807) is 47.8 Å². The molecule has 0 radical (unpaired) electrons. The fraction of sp³-hybridized carbons (Fsp3) is 0. The van der Waals surface area contributed by atoms with Crippen molar-refractivity contribution < 1.29 is 14.5 Å². The van der Waals surface area contributed by atoms with Crippen LogP contribution in [-0.2, 0) is 4.79 Å². The molecule has 0 spiro atoms. The number of anilines is 1. The molecule has 3 aromatic rings. The number of hydrogen-bond acceptors (Lipinski definition) is 5. The van der Waals surface area contributed by atoms with Gasteiger partial charge in [-0.3, -0.25) is 19.7 Å². The van der Waals surface area contributed by atoms with Crippen LogP contribution >= 0.6 is 22.9 Å². The molecular formula is C20H14ClN3O4S. The summed E-state index contributed by atoms with van der Waals surface area (Å²) in [7, 11) is 0. The molecule has 0 aliphatic heterocycles. The highest BCUT2D eigenvalue weighted by atomic mass is 35.5. The maximum atomic E-state index is 12.8. The third-order valence-electron chi connectivity index (χ3n) is 3.73. The van der Waals surface area contributed by atoms with E-state index in [2.05, 4.69) is 10.6 Å². The van der Waals surface area contributed by atoms with Gasteiger partial charge in [-0.1, -0.05) is 29.8 Å². The summed E-state index contributed by atoms with van der Waals surface area (Å²) in [6.07, 6.45) is 1.38. The monoisotopic (exact) mass is 427 g/mol. The van der Waals surface area contributed by atoms with Crippen molar-refractivity contribution in [3.05, 3.63) is 97.3 Å². The number of amides is 2. The first-order valence-corrected chi connectivity index (χ1v) is 9.56. The number of nitro benzene ring substituents is 1. The van der Waals surface area contributed by atoms with Gasteiger partial charge in [-0.15, -0.1) is 11.3 Å². The molecular weight excluding hydrogens is 414 g/mol. The second-order valence-corrected chi connectivity index (χ2v) is 7.19. The number of nitro groups is 1. The zero-order chi connectivity index (χ0) is 20.8. The van der Waals surface area contributed by atoms with Crippen LogP contribution in [0, 0.1) is 10.1 Å². The minimum atomic E-state index is -0.580. The van der Waals surface area contributed by atoms with E-state index >= 15 is 0 Å². The number of carbonyl (C=O) groups is 2. The summed E-state index contributed by atoms with van der Waals surface area (Å²) in [5, 5.41) is 18.5. The molecule has 0 unspecified atom stereocenters. The normalized spacial score (nSPS) is 11.0. The van der Waals surface area contributed by atoms with Crippen LogP contribution in [-0.4, -0.2) is 16.7 Å². The lowest BCUT2D eigenvalue weighted by atomic mass is 10.1. The first-order valence-electron chi connectivity index (χ1n) is 8.30. The number of nitrogens with one attached hydrogen (secondary N) is 2. The third-order valence-corrected chi connectivity index (χ3v) is 4.85. The molecule has 2 N–H and O–H groups in total. The topological polar surface area (TPSA) is 101 Å². The molecule has 9 heteroatoms. The maximum absolute atomic E-state index is 12.8. The summed E-state index contributed by atoms with van der Waals surface area (Å²) >= 11 is 7.08. The Morgan fingerprint density at radius 3 is 2.48 bits per heavy atom. The van der Waals surface area contributed by atoms with Gasteiger partial charge in [0, 0.05) is 22.8 Å². The molecule has 29 heavy (non-hydrogen) atoms. The Morgan fingerprint density at radius 2 is 1.83 bits per heavy atom. The highest BCUT2D eigenvalue weighted by Gasteiger charge is 2.16. The van der Waals surface area contributed by atoms with E-state index in [-0.39, 0.29) is 11.4 Å². The van der Waals surface area contributed by atoms with Gasteiger partial charge in [-0.05, 0) is 47.4 Å². The van der Waals surface area contributed by atoms with Crippen LogP contribution in [0.25, 0.3) is 6.08 Å². The van der Waals surface area contributed by atoms with Crippen LogP contribution in [0.2, 0.25) is 5.02 Å². The van der Waals surface area contributed by atoms with Crippen LogP contribution in [0.15, 0.2) is 71.7 Å². The molecule has 0 saturated carbocycles. The summed E-state index contributed by atoms with van der Waals surface area (Å²) in [6.45, 7) is 0. The van der Waals surface area contributed by atoms with E-state index < -0.39 is 16.7 Å². The number of halogens is 1. The van der Waals surface area contributed by atoms with Gasteiger partial charge in [0.2, 0.25) is 0 Å². The molecule has 2 amide bonds. The van der Waals surface area contributed by atoms with Gasteiger partial charge >= 0.3 is 0 Å². The number of rotatable bonds is 6. The van der Waals surface area contributed by atoms with Gasteiger partial charge in [0.05, 0.1) is 9.80 Å². The fourth-order valence-corrected chi connectivity index (χ4v) is 3.12. The lowest BCUT2D eigenvalue weighted by molar-refractivity contribution is -0.384. The molecule has 0 aliphatic carbocycles. The van der Waals surface area contributed by atoms with Crippen molar-refractivity contribution in [1.29, 1.82) is 0 Å². The Morgan fingerprint density at radius 1 is 1.07 bits per heavy atom.